The number of phenolic OH excluding ortho intramolecular Hbond substituents is 1. The number of aliphatic hydroxyl groups is 2. The van der Waals surface area contributed by atoms with E-state index in [1.165, 1.54) is 25.1 Å². The van der Waals surface area contributed by atoms with Gasteiger partial charge in [-0.3, -0.25) is 9.59 Å². The first-order chi connectivity index (χ1) is 9.43. The predicted octanol–water partition coefficient (Wildman–Crippen LogP) is 1.36. The molecule has 1 aromatic carbocycles. The van der Waals surface area contributed by atoms with E-state index in [2.05, 4.69) is 0 Å². The minimum atomic E-state index is -1.26. The Morgan fingerprint density at radius 2 is 1.85 bits per heavy atom. The van der Waals surface area contributed by atoms with Gasteiger partial charge in [0.05, 0.1) is 11.7 Å². The first kappa shape index (κ1) is 12.6. The number of fused-ring (bicyclic) bond motifs is 2. The summed E-state index contributed by atoms with van der Waals surface area (Å²) in [6.07, 6.45) is -0.114. The second-order valence-electron chi connectivity index (χ2n) is 4.98. The van der Waals surface area contributed by atoms with Gasteiger partial charge in [0, 0.05) is 22.6 Å². The largest absolute Gasteiger partial charge is 0.507 e. The third-order valence-electron chi connectivity index (χ3n) is 3.82. The summed E-state index contributed by atoms with van der Waals surface area (Å²) in [5.41, 5.74) is 0.129. The molecule has 0 unspecified atom stereocenters. The van der Waals surface area contributed by atoms with Crippen LogP contribution in [0.2, 0.25) is 0 Å². The van der Waals surface area contributed by atoms with Crippen LogP contribution in [-0.2, 0) is 4.79 Å². The molecular weight excluding hydrogens is 260 g/mol. The van der Waals surface area contributed by atoms with E-state index in [0.717, 1.165) is 6.08 Å². The lowest BCUT2D eigenvalue weighted by Crippen LogP contribution is -2.36. The highest BCUT2D eigenvalue weighted by Crippen LogP contribution is 2.42. The number of carbonyl (C=O) groups is 2. The molecule has 0 fully saturated rings. The van der Waals surface area contributed by atoms with Crippen LogP contribution >= 0.6 is 0 Å². The highest BCUT2D eigenvalue weighted by molar-refractivity contribution is 6.21. The molecule has 5 nitrogen and oxygen atoms in total. The second-order valence-corrected chi connectivity index (χ2v) is 4.98. The molecule has 0 amide bonds. The predicted molar refractivity (Wildman–Crippen MR) is 70.2 cm³/mol. The number of aliphatic hydroxyl groups excluding tert-OH is 2. The number of Topliss-reactive ketones (excluding diaryl/α,β-unsaturated/α-hetero) is 1. The lowest BCUT2D eigenvalue weighted by molar-refractivity contribution is -0.120. The van der Waals surface area contributed by atoms with Crippen LogP contribution in [0.15, 0.2) is 35.4 Å². The SMILES string of the molecule is C[C@H]1C(=O)C=C2C(=O)c3cccc(O)c3C(O)=C2[C@@H]1O. The fraction of sp³-hybridized carbons (Fsp3) is 0.200. The molecule has 0 radical (unpaired) electrons. The number of hydrogen-bond acceptors (Lipinski definition) is 5. The van der Waals surface area contributed by atoms with Crippen LogP contribution in [0.4, 0.5) is 0 Å². The minimum absolute atomic E-state index is 0.00352. The van der Waals surface area contributed by atoms with E-state index in [1.54, 1.807) is 0 Å². The van der Waals surface area contributed by atoms with Gasteiger partial charge in [-0.15, -0.1) is 0 Å². The molecule has 2 atom stereocenters. The maximum Gasteiger partial charge on any atom is 0.194 e. The second kappa shape index (κ2) is 4.05. The van der Waals surface area contributed by atoms with Crippen molar-refractivity contribution in [2.24, 2.45) is 5.92 Å². The molecular formula is C15H12O5. The van der Waals surface area contributed by atoms with Crippen LogP contribution in [0.25, 0.3) is 5.76 Å². The number of benzene rings is 1. The number of aromatic hydroxyl groups is 1. The summed E-state index contributed by atoms with van der Waals surface area (Å²) in [4.78, 5) is 24.1. The van der Waals surface area contributed by atoms with Gasteiger partial charge < -0.3 is 15.3 Å². The third kappa shape index (κ3) is 1.47. The number of ketones is 2. The van der Waals surface area contributed by atoms with Gasteiger partial charge in [-0.05, 0) is 12.1 Å². The number of phenols is 1. The van der Waals surface area contributed by atoms with Gasteiger partial charge >= 0.3 is 0 Å². The maximum atomic E-state index is 12.4. The molecule has 3 N–H and O–H groups in total. The topological polar surface area (TPSA) is 94.8 Å². The van der Waals surface area contributed by atoms with Gasteiger partial charge in [0.2, 0.25) is 0 Å². The third-order valence-corrected chi connectivity index (χ3v) is 3.82. The summed E-state index contributed by atoms with van der Waals surface area (Å²) >= 11 is 0. The lowest BCUT2D eigenvalue weighted by Gasteiger charge is -2.30. The molecule has 1 aromatic rings. The summed E-state index contributed by atoms with van der Waals surface area (Å²) in [6, 6.07) is 4.29. The zero-order chi connectivity index (χ0) is 14.6. The van der Waals surface area contributed by atoms with Crippen LogP contribution in [-0.4, -0.2) is 33.0 Å². The zero-order valence-corrected chi connectivity index (χ0v) is 10.6. The number of rotatable bonds is 0. The van der Waals surface area contributed by atoms with E-state index < -0.39 is 17.8 Å². The fourth-order valence-electron chi connectivity index (χ4n) is 2.63. The Hall–Kier alpha value is -2.40. The number of hydrogen-bond donors (Lipinski definition) is 3. The average molecular weight is 272 g/mol. The zero-order valence-electron chi connectivity index (χ0n) is 10.6. The summed E-state index contributed by atoms with van der Waals surface area (Å²) < 4.78 is 0. The summed E-state index contributed by atoms with van der Waals surface area (Å²) in [5.74, 6) is -2.17. The molecule has 0 heterocycles. The Bertz CT molecular complexity index is 711. The number of allylic oxidation sites excluding steroid dienone is 1. The molecule has 5 heteroatoms. The Morgan fingerprint density at radius 3 is 2.55 bits per heavy atom. The van der Waals surface area contributed by atoms with Gasteiger partial charge in [-0.25, -0.2) is 0 Å². The summed E-state index contributed by atoms with van der Waals surface area (Å²) in [5, 5.41) is 30.2. The first-order valence-electron chi connectivity index (χ1n) is 6.17. The van der Waals surface area contributed by atoms with E-state index in [0.29, 0.717) is 0 Å². The maximum absolute atomic E-state index is 12.4. The van der Waals surface area contributed by atoms with Crippen LogP contribution in [0.1, 0.15) is 22.8 Å². The van der Waals surface area contributed by atoms with Crippen molar-refractivity contribution in [1.82, 2.24) is 0 Å². The quantitative estimate of drug-likeness (QED) is 0.663. The van der Waals surface area contributed by atoms with Crippen LogP contribution in [0.5, 0.6) is 5.75 Å². The van der Waals surface area contributed by atoms with Crippen LogP contribution < -0.4 is 0 Å². The van der Waals surface area contributed by atoms with Gasteiger partial charge in [0.25, 0.3) is 0 Å². The molecule has 3 rings (SSSR count). The highest BCUT2D eigenvalue weighted by Gasteiger charge is 2.41. The molecule has 0 spiro atoms. The van der Waals surface area contributed by atoms with Crippen molar-refractivity contribution >= 4 is 17.3 Å². The van der Waals surface area contributed by atoms with Crippen molar-refractivity contribution in [3.05, 3.63) is 46.5 Å². The Labute approximate surface area is 114 Å². The normalized spacial score (nSPS) is 25.2. The first-order valence-corrected chi connectivity index (χ1v) is 6.17. The van der Waals surface area contributed by atoms with Crippen molar-refractivity contribution in [2.45, 2.75) is 13.0 Å². The molecule has 0 aromatic heterocycles. The van der Waals surface area contributed by atoms with Gasteiger partial charge in [-0.1, -0.05) is 19.1 Å². The minimum Gasteiger partial charge on any atom is -0.507 e. The molecule has 0 saturated carbocycles. The molecule has 0 bridgehead atoms. The van der Waals surface area contributed by atoms with Crippen LogP contribution in [0.3, 0.4) is 0 Å². The van der Waals surface area contributed by atoms with Crippen molar-refractivity contribution in [3.63, 3.8) is 0 Å². The molecule has 2 aliphatic carbocycles. The van der Waals surface area contributed by atoms with Gasteiger partial charge in [0.1, 0.15) is 11.5 Å². The van der Waals surface area contributed by atoms with Gasteiger partial charge in [-0.2, -0.15) is 0 Å². The molecule has 2 aliphatic rings. The molecule has 0 aliphatic heterocycles. The van der Waals surface area contributed by atoms with E-state index in [4.69, 9.17) is 0 Å². The van der Waals surface area contributed by atoms with E-state index in [1.807, 2.05) is 0 Å². The van der Waals surface area contributed by atoms with Crippen molar-refractivity contribution in [1.29, 1.82) is 0 Å². The Balaban J connectivity index is 2.37. The van der Waals surface area contributed by atoms with Crippen molar-refractivity contribution in [2.75, 3.05) is 0 Å². The highest BCUT2D eigenvalue weighted by atomic mass is 16.3. The molecule has 102 valence electrons. The monoisotopic (exact) mass is 272 g/mol. The Kier molecular flexibility index (Phi) is 2.55. The van der Waals surface area contributed by atoms with Gasteiger partial charge in [0.15, 0.2) is 11.6 Å². The van der Waals surface area contributed by atoms with Crippen molar-refractivity contribution < 1.29 is 24.9 Å². The average Bonchev–Trinajstić information content (AvgIpc) is 2.41. The summed E-state index contributed by atoms with van der Waals surface area (Å²) in [6.45, 7) is 1.52. The van der Waals surface area contributed by atoms with E-state index in [-0.39, 0.29) is 39.6 Å². The molecule has 20 heavy (non-hydrogen) atoms. The summed E-state index contributed by atoms with van der Waals surface area (Å²) in [7, 11) is 0. The van der Waals surface area contributed by atoms with Crippen molar-refractivity contribution in [3.8, 4) is 5.75 Å². The molecule has 0 saturated heterocycles. The fourth-order valence-corrected chi connectivity index (χ4v) is 2.63. The number of carbonyl (C=O) groups excluding carboxylic acids is 2. The standard InChI is InChI=1S/C15H12O5/c1-6-10(17)5-8-12(13(6)18)15(20)11-7(14(8)19)3-2-4-9(11)16/h2-6,13,16,18,20H,1H3/t6-,13+/m0/s1. The van der Waals surface area contributed by atoms with Crippen LogP contribution in [0, 0.1) is 5.92 Å². The van der Waals surface area contributed by atoms with E-state index >= 15 is 0 Å². The smallest absolute Gasteiger partial charge is 0.194 e. The van der Waals surface area contributed by atoms with E-state index in [9.17, 15) is 24.9 Å². The Morgan fingerprint density at radius 1 is 1.15 bits per heavy atom. The lowest BCUT2D eigenvalue weighted by atomic mass is 9.75.